The maximum absolute atomic E-state index is 12.3. The largest absolute Gasteiger partial charge is 0.339 e. The van der Waals surface area contributed by atoms with Gasteiger partial charge < -0.3 is 4.90 Å². The highest BCUT2D eigenvalue weighted by Gasteiger charge is 2.18. The van der Waals surface area contributed by atoms with E-state index in [0.717, 1.165) is 30.2 Å². The van der Waals surface area contributed by atoms with E-state index >= 15 is 0 Å². The Morgan fingerprint density at radius 1 is 1.09 bits per heavy atom. The molecule has 2 aromatic rings. The van der Waals surface area contributed by atoms with Gasteiger partial charge in [-0.15, -0.1) is 0 Å². The first-order chi connectivity index (χ1) is 10.7. The van der Waals surface area contributed by atoms with Gasteiger partial charge in [0.2, 0.25) is 5.91 Å². The van der Waals surface area contributed by atoms with Crippen molar-refractivity contribution in [2.24, 2.45) is 0 Å². The van der Waals surface area contributed by atoms with Gasteiger partial charge in [-0.25, -0.2) is 4.68 Å². The Morgan fingerprint density at radius 3 is 2.55 bits per heavy atom. The van der Waals surface area contributed by atoms with Crippen LogP contribution < -0.4 is 5.56 Å². The first kappa shape index (κ1) is 14.8. The van der Waals surface area contributed by atoms with E-state index in [1.807, 2.05) is 42.1 Å². The number of rotatable bonds is 3. The topological polar surface area (TPSA) is 55.2 Å². The van der Waals surface area contributed by atoms with Crippen LogP contribution in [0.25, 0.3) is 11.3 Å². The average molecular weight is 315 g/mol. The lowest BCUT2D eigenvalue weighted by atomic mass is 10.1. The highest BCUT2D eigenvalue weighted by atomic mass is 32.2. The van der Waals surface area contributed by atoms with E-state index in [1.165, 1.54) is 10.7 Å². The van der Waals surface area contributed by atoms with Crippen molar-refractivity contribution in [2.45, 2.75) is 6.54 Å². The van der Waals surface area contributed by atoms with E-state index in [0.29, 0.717) is 5.69 Å². The van der Waals surface area contributed by atoms with Gasteiger partial charge in [0.15, 0.2) is 0 Å². The zero-order valence-corrected chi connectivity index (χ0v) is 13.0. The molecule has 1 aliphatic heterocycles. The van der Waals surface area contributed by atoms with Gasteiger partial charge in [0.1, 0.15) is 6.54 Å². The van der Waals surface area contributed by atoms with Gasteiger partial charge in [0.25, 0.3) is 5.56 Å². The molecular weight excluding hydrogens is 298 g/mol. The van der Waals surface area contributed by atoms with Crippen molar-refractivity contribution in [2.75, 3.05) is 24.6 Å². The lowest BCUT2D eigenvalue weighted by Crippen LogP contribution is -2.41. The standard InChI is InChI=1S/C16H17N3O2S/c20-15-7-6-14(13-4-2-1-3-5-13)17-19(15)12-16(21)18-8-10-22-11-9-18/h1-7H,8-12H2. The van der Waals surface area contributed by atoms with Gasteiger partial charge in [-0.05, 0) is 6.07 Å². The Bertz CT molecular complexity index is 709. The van der Waals surface area contributed by atoms with Crippen molar-refractivity contribution >= 4 is 17.7 Å². The number of nitrogens with zero attached hydrogens (tertiary/aromatic N) is 3. The second-order valence-electron chi connectivity index (χ2n) is 5.07. The molecule has 1 saturated heterocycles. The van der Waals surface area contributed by atoms with E-state index in [9.17, 15) is 9.59 Å². The highest BCUT2D eigenvalue weighted by molar-refractivity contribution is 7.99. The quantitative estimate of drug-likeness (QED) is 0.861. The van der Waals surface area contributed by atoms with Crippen molar-refractivity contribution in [3.05, 3.63) is 52.8 Å². The average Bonchev–Trinajstić information content (AvgIpc) is 2.58. The van der Waals surface area contributed by atoms with Crippen LogP contribution in [0.4, 0.5) is 0 Å². The maximum atomic E-state index is 12.3. The van der Waals surface area contributed by atoms with E-state index in [1.54, 1.807) is 11.0 Å². The second kappa shape index (κ2) is 6.79. The minimum absolute atomic E-state index is 0.00414. The normalized spacial score (nSPS) is 14.8. The van der Waals surface area contributed by atoms with Crippen LogP contribution in [0.5, 0.6) is 0 Å². The van der Waals surface area contributed by atoms with Crippen molar-refractivity contribution in [1.82, 2.24) is 14.7 Å². The molecule has 1 aromatic carbocycles. The molecule has 2 heterocycles. The van der Waals surface area contributed by atoms with Gasteiger partial charge in [-0.1, -0.05) is 30.3 Å². The van der Waals surface area contributed by atoms with Crippen LogP contribution in [-0.2, 0) is 11.3 Å². The fourth-order valence-corrected chi connectivity index (χ4v) is 3.27. The first-order valence-electron chi connectivity index (χ1n) is 7.23. The fraction of sp³-hybridized carbons (Fsp3) is 0.312. The van der Waals surface area contributed by atoms with Crippen LogP contribution in [0.1, 0.15) is 0 Å². The number of hydrogen-bond donors (Lipinski definition) is 0. The molecule has 0 atom stereocenters. The Morgan fingerprint density at radius 2 is 1.82 bits per heavy atom. The molecule has 22 heavy (non-hydrogen) atoms. The zero-order chi connectivity index (χ0) is 15.4. The monoisotopic (exact) mass is 315 g/mol. The third-order valence-electron chi connectivity index (χ3n) is 3.58. The molecule has 0 saturated carbocycles. The zero-order valence-electron chi connectivity index (χ0n) is 12.1. The predicted molar refractivity (Wildman–Crippen MR) is 87.8 cm³/mol. The van der Waals surface area contributed by atoms with Crippen molar-refractivity contribution in [3.8, 4) is 11.3 Å². The minimum Gasteiger partial charge on any atom is -0.339 e. The summed E-state index contributed by atoms with van der Waals surface area (Å²) in [6, 6.07) is 12.8. The van der Waals surface area contributed by atoms with Crippen molar-refractivity contribution in [3.63, 3.8) is 0 Å². The molecule has 1 fully saturated rings. The molecule has 1 amide bonds. The minimum atomic E-state index is -0.251. The molecule has 114 valence electrons. The van der Waals surface area contributed by atoms with Gasteiger partial charge in [-0.2, -0.15) is 16.9 Å². The van der Waals surface area contributed by atoms with Crippen LogP contribution in [0.2, 0.25) is 0 Å². The molecule has 6 heteroatoms. The molecule has 3 rings (SSSR count). The Kier molecular flexibility index (Phi) is 4.58. The first-order valence-corrected chi connectivity index (χ1v) is 8.38. The molecule has 0 aliphatic carbocycles. The number of aromatic nitrogens is 2. The smallest absolute Gasteiger partial charge is 0.267 e. The van der Waals surface area contributed by atoms with E-state index in [2.05, 4.69) is 5.10 Å². The molecule has 0 spiro atoms. The molecule has 0 unspecified atom stereocenters. The van der Waals surface area contributed by atoms with Crippen molar-refractivity contribution in [1.29, 1.82) is 0 Å². The van der Waals surface area contributed by atoms with Gasteiger partial charge in [-0.3, -0.25) is 9.59 Å². The molecule has 5 nitrogen and oxygen atoms in total. The fourth-order valence-electron chi connectivity index (χ4n) is 2.37. The summed E-state index contributed by atoms with van der Waals surface area (Å²) in [5, 5.41) is 4.33. The molecule has 1 aromatic heterocycles. The van der Waals surface area contributed by atoms with Crippen LogP contribution >= 0.6 is 11.8 Å². The van der Waals surface area contributed by atoms with E-state index < -0.39 is 0 Å². The summed E-state index contributed by atoms with van der Waals surface area (Å²) in [5.41, 5.74) is 1.37. The summed E-state index contributed by atoms with van der Waals surface area (Å²) in [4.78, 5) is 26.0. The lowest BCUT2D eigenvalue weighted by molar-refractivity contribution is -0.131. The van der Waals surface area contributed by atoms with E-state index in [-0.39, 0.29) is 18.0 Å². The molecular formula is C16H17N3O2S. The van der Waals surface area contributed by atoms with E-state index in [4.69, 9.17) is 0 Å². The van der Waals surface area contributed by atoms with Gasteiger partial charge in [0.05, 0.1) is 5.69 Å². The van der Waals surface area contributed by atoms with Gasteiger partial charge >= 0.3 is 0 Å². The summed E-state index contributed by atoms with van der Waals surface area (Å²) in [7, 11) is 0. The number of hydrogen-bond acceptors (Lipinski definition) is 4. The van der Waals surface area contributed by atoms with Gasteiger partial charge in [0, 0.05) is 36.2 Å². The summed E-state index contributed by atoms with van der Waals surface area (Å²) in [5.74, 6) is 1.87. The molecule has 1 aliphatic rings. The number of amides is 1. The molecule has 0 radical (unpaired) electrons. The maximum Gasteiger partial charge on any atom is 0.267 e. The summed E-state index contributed by atoms with van der Waals surface area (Å²) in [6.45, 7) is 1.50. The number of carbonyl (C=O) groups is 1. The summed E-state index contributed by atoms with van der Waals surface area (Å²) in [6.07, 6.45) is 0. The Balaban J connectivity index is 1.81. The molecule has 0 bridgehead atoms. The SMILES string of the molecule is O=C(Cn1nc(-c2ccccc2)ccc1=O)N1CCSCC1. The van der Waals surface area contributed by atoms with Crippen molar-refractivity contribution < 1.29 is 4.79 Å². The third kappa shape index (κ3) is 3.39. The summed E-state index contributed by atoms with van der Waals surface area (Å²) < 4.78 is 1.26. The number of carbonyl (C=O) groups excluding carboxylic acids is 1. The summed E-state index contributed by atoms with van der Waals surface area (Å²) >= 11 is 1.85. The third-order valence-corrected chi connectivity index (χ3v) is 4.53. The van der Waals surface area contributed by atoms with Crippen LogP contribution in [0, 0.1) is 0 Å². The van der Waals surface area contributed by atoms with Crippen LogP contribution in [0.15, 0.2) is 47.3 Å². The number of benzene rings is 1. The van der Waals surface area contributed by atoms with Crippen LogP contribution in [0.3, 0.4) is 0 Å². The lowest BCUT2D eigenvalue weighted by Gasteiger charge is -2.26. The van der Waals surface area contributed by atoms with Crippen LogP contribution in [-0.4, -0.2) is 45.2 Å². The molecule has 0 N–H and O–H groups in total. The Labute approximate surface area is 132 Å². The predicted octanol–water partition coefficient (Wildman–Crippen LogP) is 1.49. The number of thioether (sulfide) groups is 1. The second-order valence-corrected chi connectivity index (χ2v) is 6.30. The Hall–Kier alpha value is -2.08. The highest BCUT2D eigenvalue weighted by Crippen LogP contribution is 2.14.